The molecule has 0 spiro atoms. The summed E-state index contributed by atoms with van der Waals surface area (Å²) in [4.78, 5) is 18.5. The third kappa shape index (κ3) is 9.41. The first-order valence-corrected chi connectivity index (χ1v) is 18.7. The molecule has 1 atom stereocenters. The summed E-state index contributed by atoms with van der Waals surface area (Å²) in [5.74, 6) is -0.146. The number of hydrogen-bond donors (Lipinski definition) is 1. The van der Waals surface area contributed by atoms with Gasteiger partial charge in [0.25, 0.3) is 0 Å². The fraction of sp³-hybridized carbons (Fsp3) is 0.333. The number of aromatic nitrogens is 1. The quantitative estimate of drug-likeness (QED) is 0.127. The van der Waals surface area contributed by atoms with Gasteiger partial charge in [0, 0.05) is 5.97 Å². The van der Waals surface area contributed by atoms with E-state index < -0.39 is 11.6 Å². The van der Waals surface area contributed by atoms with Gasteiger partial charge in [0.2, 0.25) is 0 Å². The molecule has 1 N–H and O–H groups in total. The molecule has 1 saturated carbocycles. The van der Waals surface area contributed by atoms with Crippen molar-refractivity contribution in [3.8, 4) is 0 Å². The van der Waals surface area contributed by atoms with Crippen LogP contribution in [0.1, 0.15) is 72.7 Å². The van der Waals surface area contributed by atoms with Crippen LogP contribution in [0, 0.1) is 8.99 Å². The largest absolute Gasteiger partial charge is 1.00 e. The van der Waals surface area contributed by atoms with E-state index in [0.29, 0.717) is 0 Å². The number of aliphatic carboxylic acids is 1. The molecular formula is C36H38INNaO3S-. The number of carboxylic acid groups (broad SMARTS) is 1. The first kappa shape index (κ1) is 34.2. The molecule has 4 aromatic rings. The maximum absolute atomic E-state index is 11.4. The van der Waals surface area contributed by atoms with E-state index in [2.05, 4.69) is 77.7 Å². The molecular weight excluding hydrogens is 676 g/mol. The minimum atomic E-state index is -0.953. The number of pyridine rings is 1. The van der Waals surface area contributed by atoms with Crippen molar-refractivity contribution in [2.45, 2.75) is 56.8 Å². The minimum Gasteiger partial charge on any atom is 1.00 e. The molecule has 1 heterocycles. The molecule has 1 fully saturated rings. The van der Waals surface area contributed by atoms with Gasteiger partial charge in [0.05, 0.1) is 5.60 Å². The van der Waals surface area contributed by atoms with Crippen molar-refractivity contribution in [3.05, 3.63) is 110 Å². The van der Waals surface area contributed by atoms with Crippen LogP contribution in [0.15, 0.2) is 78.9 Å². The van der Waals surface area contributed by atoms with Gasteiger partial charge in [-0.15, -0.1) is 0 Å². The van der Waals surface area contributed by atoms with Crippen LogP contribution in [0.25, 0.3) is 23.1 Å². The van der Waals surface area contributed by atoms with Gasteiger partial charge in [-0.1, -0.05) is 24.3 Å². The molecule has 1 aliphatic carbocycles. The van der Waals surface area contributed by atoms with Gasteiger partial charge in [0.15, 0.2) is 0 Å². The fourth-order valence-electron chi connectivity index (χ4n) is 5.46. The number of thioether (sulfide) groups is 1. The standard InChI is InChI=1S/C36H39INO3S.Na/c1-35(2,41)31-10-5-4-8-26(31)14-18-33(42-24-36(19-20-36)23-34(39)40)28-9-6-7-25(21-28)11-16-30-17-13-27-12-15-29(37-3)22-32(27)38-30;/h4-13,15-17,21-22,33,41H,14,18-20,23-24H2,1-3H3,(H,39,40);/q-1;+1/p-1/b16-11+;/t33-;/m1./s1. The molecule has 1 aromatic heterocycles. The van der Waals surface area contributed by atoms with Gasteiger partial charge in [-0.05, 0) is 61.8 Å². The van der Waals surface area contributed by atoms with Crippen molar-refractivity contribution in [1.82, 2.24) is 4.98 Å². The van der Waals surface area contributed by atoms with Crippen LogP contribution in [0.4, 0.5) is 0 Å². The number of halogens is 1. The Bertz CT molecular complexity index is 1600. The molecule has 3 aromatic carbocycles. The monoisotopic (exact) mass is 714 g/mol. The first-order valence-electron chi connectivity index (χ1n) is 14.4. The van der Waals surface area contributed by atoms with E-state index in [4.69, 9.17) is 4.98 Å². The van der Waals surface area contributed by atoms with Crippen LogP contribution < -0.4 is 55.9 Å². The molecule has 0 saturated heterocycles. The molecule has 43 heavy (non-hydrogen) atoms. The van der Waals surface area contributed by atoms with Gasteiger partial charge in [-0.2, -0.15) is 0 Å². The Hall–Kier alpha value is -1.68. The Morgan fingerprint density at radius 3 is 2.56 bits per heavy atom. The Labute approximate surface area is 292 Å². The van der Waals surface area contributed by atoms with Crippen molar-refractivity contribution < 1.29 is 65.8 Å². The summed E-state index contributed by atoms with van der Waals surface area (Å²) in [7, 11) is 0. The zero-order chi connectivity index (χ0) is 29.7. The van der Waals surface area contributed by atoms with E-state index in [1.54, 1.807) is 0 Å². The topological polar surface area (TPSA) is 73.2 Å². The van der Waals surface area contributed by atoms with Crippen molar-refractivity contribution in [3.63, 3.8) is 0 Å². The normalized spacial score (nSPS) is 15.0. The Kier molecular flexibility index (Phi) is 12.0. The average molecular weight is 715 g/mol. The average Bonchev–Trinajstić information content (AvgIpc) is 3.74. The van der Waals surface area contributed by atoms with Crippen LogP contribution >= 0.6 is 11.8 Å². The third-order valence-corrected chi connectivity index (χ3v) is 11.6. The predicted molar refractivity (Wildman–Crippen MR) is 168 cm³/mol. The molecule has 0 aliphatic heterocycles. The number of benzene rings is 3. The second kappa shape index (κ2) is 15.1. The molecule has 4 nitrogen and oxygen atoms in total. The molecule has 5 rings (SSSR count). The first-order chi connectivity index (χ1) is 20.1. The van der Waals surface area contributed by atoms with Crippen molar-refractivity contribution in [2.75, 3.05) is 10.7 Å². The minimum absolute atomic E-state index is 0. The van der Waals surface area contributed by atoms with Crippen LogP contribution in [0.3, 0.4) is 0 Å². The fourth-order valence-corrected chi connectivity index (χ4v) is 8.18. The van der Waals surface area contributed by atoms with Crippen molar-refractivity contribution in [1.29, 1.82) is 0 Å². The zero-order valence-electron chi connectivity index (χ0n) is 25.5. The van der Waals surface area contributed by atoms with E-state index in [0.717, 1.165) is 64.7 Å². The van der Waals surface area contributed by atoms with E-state index in [9.17, 15) is 15.0 Å². The summed E-state index contributed by atoms with van der Waals surface area (Å²) < 4.78 is 1.39. The molecule has 0 unspecified atom stereocenters. The number of nitrogens with zero attached hydrogens (tertiary/aromatic N) is 1. The maximum atomic E-state index is 11.4. The van der Waals surface area contributed by atoms with Crippen LogP contribution in [0.2, 0.25) is 0 Å². The molecule has 0 radical (unpaired) electrons. The van der Waals surface area contributed by atoms with Gasteiger partial charge in [-0.25, -0.2) is 0 Å². The number of carboxylic acids is 1. The van der Waals surface area contributed by atoms with Crippen LogP contribution in [-0.4, -0.2) is 26.7 Å². The second-order valence-electron chi connectivity index (χ2n) is 11.9. The summed E-state index contributed by atoms with van der Waals surface area (Å²) in [5.41, 5.74) is 5.38. The number of aryl methyl sites for hydroxylation is 1. The van der Waals surface area contributed by atoms with Gasteiger partial charge in [-0.3, -0.25) is 0 Å². The summed E-state index contributed by atoms with van der Waals surface area (Å²) in [6.07, 6.45) is 7.95. The number of fused-ring (bicyclic) bond motifs is 1. The zero-order valence-corrected chi connectivity index (χ0v) is 30.5. The number of carbonyl (C=O) groups excluding carboxylic acids is 1. The Balaban J connectivity index is 0.00000423. The molecule has 1 aliphatic rings. The smallest absolute Gasteiger partial charge is 1.00 e. The van der Waals surface area contributed by atoms with Crippen LogP contribution in [0.5, 0.6) is 0 Å². The van der Waals surface area contributed by atoms with E-state index >= 15 is 0 Å². The predicted octanol–water partition coefficient (Wildman–Crippen LogP) is 0.852. The van der Waals surface area contributed by atoms with E-state index in [-0.39, 0.29) is 67.8 Å². The molecule has 7 heteroatoms. The number of aliphatic hydroxyl groups is 1. The summed E-state index contributed by atoms with van der Waals surface area (Å²) in [6, 6.07) is 27.5. The Morgan fingerprint density at radius 1 is 1.07 bits per heavy atom. The second-order valence-corrected chi connectivity index (χ2v) is 15.4. The van der Waals surface area contributed by atoms with Gasteiger partial charge < -0.3 is 15.0 Å². The molecule has 0 bridgehead atoms. The summed E-state index contributed by atoms with van der Waals surface area (Å²) in [5, 5.41) is 23.5. The number of carbonyl (C=O) groups is 1. The number of rotatable bonds is 13. The molecule has 0 amide bonds. The summed E-state index contributed by atoms with van der Waals surface area (Å²) >= 11 is 1.89. The van der Waals surface area contributed by atoms with E-state index in [1.165, 1.54) is 9.13 Å². The summed E-state index contributed by atoms with van der Waals surface area (Å²) in [6.45, 7) is 3.66. The SMILES string of the molecule is C[I-]c1ccc2ccc(/C=C/c3cccc([C@@H](CCc4ccccc4C(C)(C)O)SCC4(CC(=O)[O-])CC4)c3)nc2c1.[Na+]. The third-order valence-electron chi connectivity index (χ3n) is 8.04. The maximum Gasteiger partial charge on any atom is 1.00 e. The van der Waals surface area contributed by atoms with Crippen molar-refractivity contribution >= 4 is 40.8 Å². The van der Waals surface area contributed by atoms with Crippen molar-refractivity contribution in [2.24, 2.45) is 5.41 Å². The van der Waals surface area contributed by atoms with Gasteiger partial charge in [0.1, 0.15) is 0 Å². The van der Waals surface area contributed by atoms with Crippen LogP contribution in [-0.2, 0) is 16.8 Å². The van der Waals surface area contributed by atoms with E-state index in [1.807, 2.05) is 43.8 Å². The van der Waals surface area contributed by atoms with Gasteiger partial charge >= 0.3 is 182 Å². The number of hydrogen-bond acceptors (Lipinski definition) is 5. The molecule has 220 valence electrons. The number of alkyl halides is 1. The Morgan fingerprint density at radius 2 is 1.84 bits per heavy atom.